The van der Waals surface area contributed by atoms with Gasteiger partial charge in [0.1, 0.15) is 5.82 Å². The molecule has 0 spiro atoms. The molecule has 1 N–H and O–H groups in total. The van der Waals surface area contributed by atoms with Crippen LogP contribution in [0.1, 0.15) is 63.2 Å². The van der Waals surface area contributed by atoms with E-state index in [1.54, 1.807) is 0 Å². The van der Waals surface area contributed by atoms with Crippen LogP contribution in [0.25, 0.3) is 22.5 Å². The quantitative estimate of drug-likeness (QED) is 0.315. The molecule has 34 heavy (non-hydrogen) atoms. The maximum Gasteiger partial charge on any atom is 0.182 e. The average Bonchev–Trinajstić information content (AvgIpc) is 3.47. The highest BCUT2D eigenvalue weighted by atomic mass is 35.5. The van der Waals surface area contributed by atoms with Gasteiger partial charge >= 0.3 is 0 Å². The van der Waals surface area contributed by atoms with E-state index < -0.39 is 0 Å². The SMILES string of the molecule is CCCCc1nc(Cl)c(CO)n1Cc1ccc(-c2ccccc2-c2nnnn2C(C)CC)cc1. The predicted molar refractivity (Wildman–Crippen MR) is 135 cm³/mol. The van der Waals surface area contributed by atoms with Crippen LogP contribution < -0.4 is 0 Å². The zero-order valence-electron chi connectivity index (χ0n) is 19.9. The van der Waals surface area contributed by atoms with E-state index in [0.717, 1.165) is 59.6 Å². The number of tetrazole rings is 1. The van der Waals surface area contributed by atoms with E-state index >= 15 is 0 Å². The average molecular weight is 479 g/mol. The van der Waals surface area contributed by atoms with Crippen LogP contribution in [0.4, 0.5) is 0 Å². The summed E-state index contributed by atoms with van der Waals surface area (Å²) < 4.78 is 3.94. The van der Waals surface area contributed by atoms with Crippen LogP contribution in [0.15, 0.2) is 48.5 Å². The highest BCUT2D eigenvalue weighted by Crippen LogP contribution is 2.32. The van der Waals surface area contributed by atoms with E-state index in [4.69, 9.17) is 11.6 Å². The van der Waals surface area contributed by atoms with Gasteiger partial charge in [0.05, 0.1) is 18.3 Å². The van der Waals surface area contributed by atoms with Crippen LogP contribution in [0.5, 0.6) is 0 Å². The van der Waals surface area contributed by atoms with E-state index in [1.807, 2.05) is 21.4 Å². The van der Waals surface area contributed by atoms with Crippen LogP contribution in [0.2, 0.25) is 5.15 Å². The van der Waals surface area contributed by atoms with Crippen molar-refractivity contribution in [3.63, 3.8) is 0 Å². The number of aliphatic hydroxyl groups is 1. The fraction of sp³-hybridized carbons (Fsp3) is 0.385. The summed E-state index contributed by atoms with van der Waals surface area (Å²) in [5, 5.41) is 22.7. The summed E-state index contributed by atoms with van der Waals surface area (Å²) >= 11 is 6.30. The van der Waals surface area contributed by atoms with Gasteiger partial charge in [0.2, 0.25) is 0 Å². The second-order valence-corrected chi connectivity index (χ2v) is 8.92. The first-order chi connectivity index (χ1) is 16.6. The van der Waals surface area contributed by atoms with Gasteiger partial charge in [-0.2, -0.15) is 0 Å². The zero-order chi connectivity index (χ0) is 24.1. The Morgan fingerprint density at radius 2 is 1.76 bits per heavy atom. The monoisotopic (exact) mass is 478 g/mol. The van der Waals surface area contributed by atoms with E-state index in [1.165, 1.54) is 0 Å². The van der Waals surface area contributed by atoms with E-state index in [0.29, 0.717) is 17.4 Å². The molecule has 8 heteroatoms. The molecule has 2 aromatic heterocycles. The summed E-state index contributed by atoms with van der Waals surface area (Å²) in [6.45, 7) is 6.89. The summed E-state index contributed by atoms with van der Waals surface area (Å²) in [6.07, 6.45) is 3.90. The molecule has 0 aliphatic carbocycles. The summed E-state index contributed by atoms with van der Waals surface area (Å²) in [6, 6.07) is 16.9. The summed E-state index contributed by atoms with van der Waals surface area (Å²) in [5.74, 6) is 1.69. The summed E-state index contributed by atoms with van der Waals surface area (Å²) in [5.41, 5.74) is 4.96. The molecule has 2 aromatic carbocycles. The number of hydrogen-bond acceptors (Lipinski definition) is 5. The Morgan fingerprint density at radius 3 is 2.44 bits per heavy atom. The molecule has 178 valence electrons. The minimum Gasteiger partial charge on any atom is -0.390 e. The number of aryl methyl sites for hydroxylation is 1. The van der Waals surface area contributed by atoms with Gasteiger partial charge in [0, 0.05) is 18.5 Å². The zero-order valence-corrected chi connectivity index (χ0v) is 20.7. The van der Waals surface area contributed by atoms with Gasteiger partial charge in [-0.15, -0.1) is 5.10 Å². The lowest BCUT2D eigenvalue weighted by atomic mass is 9.98. The lowest BCUT2D eigenvalue weighted by molar-refractivity contribution is 0.271. The molecular formula is C26H31ClN6O. The molecule has 0 amide bonds. The third kappa shape index (κ3) is 4.91. The third-order valence-corrected chi connectivity index (χ3v) is 6.58. The van der Waals surface area contributed by atoms with Gasteiger partial charge in [-0.3, -0.25) is 0 Å². The highest BCUT2D eigenvalue weighted by molar-refractivity contribution is 6.30. The fourth-order valence-electron chi connectivity index (χ4n) is 4.11. The first-order valence-electron chi connectivity index (χ1n) is 11.9. The molecule has 0 saturated carbocycles. The topological polar surface area (TPSA) is 81.7 Å². The molecule has 0 bridgehead atoms. The van der Waals surface area contributed by atoms with Crippen molar-refractivity contribution in [2.75, 3.05) is 0 Å². The van der Waals surface area contributed by atoms with E-state index in [9.17, 15) is 5.11 Å². The summed E-state index contributed by atoms with van der Waals surface area (Å²) in [4.78, 5) is 4.50. The van der Waals surface area contributed by atoms with Gasteiger partial charge in [0.15, 0.2) is 11.0 Å². The number of aliphatic hydroxyl groups excluding tert-OH is 1. The minimum atomic E-state index is -0.131. The maximum atomic E-state index is 9.85. The summed E-state index contributed by atoms with van der Waals surface area (Å²) in [7, 11) is 0. The number of hydrogen-bond donors (Lipinski definition) is 1. The number of aromatic nitrogens is 6. The molecule has 1 unspecified atom stereocenters. The number of nitrogens with zero attached hydrogens (tertiary/aromatic N) is 6. The predicted octanol–water partition coefficient (Wildman–Crippen LogP) is 5.71. The van der Waals surface area contributed by atoms with Crippen molar-refractivity contribution in [3.8, 4) is 22.5 Å². The minimum absolute atomic E-state index is 0.131. The molecule has 4 rings (SSSR count). The van der Waals surface area contributed by atoms with Crippen molar-refractivity contribution in [2.24, 2.45) is 0 Å². The van der Waals surface area contributed by atoms with Crippen LogP contribution >= 0.6 is 11.6 Å². The lowest BCUT2D eigenvalue weighted by Crippen LogP contribution is -2.09. The molecule has 0 fully saturated rings. The number of imidazole rings is 1. The second-order valence-electron chi connectivity index (χ2n) is 8.56. The van der Waals surface area contributed by atoms with Gasteiger partial charge in [-0.25, -0.2) is 9.67 Å². The van der Waals surface area contributed by atoms with Crippen LogP contribution in [0, 0.1) is 0 Å². The Bertz CT molecular complexity index is 1230. The normalized spacial score (nSPS) is 12.3. The second kappa shape index (κ2) is 10.9. The maximum absolute atomic E-state index is 9.85. The van der Waals surface area contributed by atoms with Crippen molar-refractivity contribution in [1.82, 2.24) is 29.8 Å². The molecule has 0 aliphatic rings. The number of halogens is 1. The Kier molecular flexibility index (Phi) is 7.75. The molecule has 0 aliphatic heterocycles. The molecule has 7 nitrogen and oxygen atoms in total. The smallest absolute Gasteiger partial charge is 0.182 e. The lowest BCUT2D eigenvalue weighted by Gasteiger charge is -2.14. The molecule has 4 aromatic rings. The van der Waals surface area contributed by atoms with Crippen molar-refractivity contribution in [3.05, 3.63) is 70.8 Å². The molecule has 0 radical (unpaired) electrons. The molecular weight excluding hydrogens is 448 g/mol. The highest BCUT2D eigenvalue weighted by Gasteiger charge is 2.18. The fourth-order valence-corrected chi connectivity index (χ4v) is 4.37. The van der Waals surface area contributed by atoms with E-state index in [-0.39, 0.29) is 12.6 Å². The standard InChI is InChI=1S/C26H31ClN6O/c1-4-6-11-24-28-25(27)23(17-34)32(24)16-19-12-14-20(15-13-19)21-9-7-8-10-22(21)26-29-30-31-33(26)18(3)5-2/h7-10,12-15,18,34H,4-6,11,16-17H2,1-3H3. The molecule has 0 saturated heterocycles. The first kappa shape index (κ1) is 24.1. The van der Waals surface area contributed by atoms with Crippen molar-refractivity contribution < 1.29 is 5.11 Å². The number of unbranched alkanes of at least 4 members (excludes halogenated alkanes) is 1. The van der Waals surface area contributed by atoms with Gasteiger partial charge in [-0.1, -0.05) is 80.4 Å². The van der Waals surface area contributed by atoms with Crippen LogP contribution in [0.3, 0.4) is 0 Å². The van der Waals surface area contributed by atoms with Gasteiger partial charge in [0.25, 0.3) is 0 Å². The van der Waals surface area contributed by atoms with Crippen LogP contribution in [-0.2, 0) is 19.6 Å². The van der Waals surface area contributed by atoms with Crippen molar-refractivity contribution in [1.29, 1.82) is 0 Å². The Labute approximate surface area is 205 Å². The molecule has 1 atom stereocenters. The van der Waals surface area contributed by atoms with Crippen molar-refractivity contribution in [2.45, 2.75) is 65.6 Å². The van der Waals surface area contributed by atoms with Crippen molar-refractivity contribution >= 4 is 11.6 Å². The Balaban J connectivity index is 1.64. The third-order valence-electron chi connectivity index (χ3n) is 6.28. The Hall–Kier alpha value is -3.03. The van der Waals surface area contributed by atoms with E-state index in [2.05, 4.69) is 77.7 Å². The first-order valence-corrected chi connectivity index (χ1v) is 12.3. The van der Waals surface area contributed by atoms with Crippen LogP contribution in [-0.4, -0.2) is 34.9 Å². The van der Waals surface area contributed by atoms with Gasteiger partial charge in [-0.05, 0) is 46.9 Å². The molecule has 2 heterocycles. The number of rotatable bonds is 10. The largest absolute Gasteiger partial charge is 0.390 e. The van der Waals surface area contributed by atoms with Gasteiger partial charge < -0.3 is 9.67 Å². The Morgan fingerprint density at radius 1 is 1.03 bits per heavy atom. The number of benzene rings is 2.